The van der Waals surface area contributed by atoms with Gasteiger partial charge in [-0.15, -0.1) is 0 Å². The number of carbonyl (C=O) groups is 2. The number of nitrogens with one attached hydrogen (secondary N) is 1. The summed E-state index contributed by atoms with van der Waals surface area (Å²) in [6.07, 6.45) is 2.93. The third-order valence-corrected chi connectivity index (χ3v) is 10.7. The van der Waals surface area contributed by atoms with Crippen LogP contribution in [0, 0.1) is 11.8 Å². The molecule has 0 heterocycles. The molecule has 1 fully saturated rings. The molecule has 2 N–H and O–H groups in total. The second kappa shape index (κ2) is 18.7. The number of aliphatic hydroxyl groups is 1. The number of alkyl carbamates (subject to hydrolysis) is 1. The number of methoxy groups -OCH3 is 1. The third kappa shape index (κ3) is 11.9. The van der Waals surface area contributed by atoms with Gasteiger partial charge in [-0.05, 0) is 72.9 Å². The van der Waals surface area contributed by atoms with Crippen molar-refractivity contribution in [2.24, 2.45) is 11.8 Å². The van der Waals surface area contributed by atoms with E-state index in [4.69, 9.17) is 9.47 Å². The highest BCUT2D eigenvalue weighted by molar-refractivity contribution is 7.89. The number of sulfonamides is 1. The van der Waals surface area contributed by atoms with E-state index in [1.165, 1.54) is 28.4 Å². The Bertz CT molecular complexity index is 1550. The number of ether oxygens (including phenoxy) is 2. The second-order valence-corrected chi connectivity index (χ2v) is 15.1. The van der Waals surface area contributed by atoms with Crippen LogP contribution in [-0.4, -0.2) is 80.2 Å². The van der Waals surface area contributed by atoms with Crippen LogP contribution >= 0.6 is 0 Å². The summed E-state index contributed by atoms with van der Waals surface area (Å²) in [5.41, 5.74) is 1.83. The quantitative estimate of drug-likeness (QED) is 0.177. The van der Waals surface area contributed by atoms with Gasteiger partial charge < -0.3 is 24.8 Å². The molecule has 3 aromatic rings. The molecule has 49 heavy (non-hydrogen) atoms. The second-order valence-electron chi connectivity index (χ2n) is 13.2. The average Bonchev–Trinajstić information content (AvgIpc) is 3.62. The fourth-order valence-electron chi connectivity index (χ4n) is 6.22. The Kier molecular flexibility index (Phi) is 14.5. The smallest absolute Gasteiger partial charge is 0.408 e. The highest BCUT2D eigenvalue weighted by atomic mass is 32.2. The van der Waals surface area contributed by atoms with Crippen LogP contribution in [0.2, 0.25) is 0 Å². The largest absolute Gasteiger partial charge is 0.497 e. The summed E-state index contributed by atoms with van der Waals surface area (Å²) < 4.78 is 39.9. The standard InChI is InChI=1S/C38H51N3O7S/c1-29(2)24-36(39-38(44)48-28-32-16-8-5-9-17-32)37(43)40(23-22-30-12-6-4-7-13-30)26-33(42)27-41(25-31-14-10-11-15-31)49(45,46)35-20-18-34(47-3)19-21-35/h4-9,12-13,16-21,29,31,33,36,42H,10-11,14-15,22-28H2,1-3H3,(H,39,44)/t33-,36-/m0/s1. The van der Waals surface area contributed by atoms with Crippen LogP contribution in [0.5, 0.6) is 5.75 Å². The fraction of sp³-hybridized carbons (Fsp3) is 0.474. The van der Waals surface area contributed by atoms with Crippen LogP contribution < -0.4 is 10.1 Å². The first kappa shape index (κ1) is 37.9. The molecule has 2 atom stereocenters. The van der Waals surface area contributed by atoms with Gasteiger partial charge in [-0.2, -0.15) is 4.31 Å². The summed E-state index contributed by atoms with van der Waals surface area (Å²) in [5, 5.41) is 14.3. The van der Waals surface area contributed by atoms with Crippen molar-refractivity contribution in [3.05, 3.63) is 96.1 Å². The first-order chi connectivity index (χ1) is 23.5. The topological polar surface area (TPSA) is 125 Å². The molecule has 1 aliphatic rings. The Balaban J connectivity index is 1.53. The van der Waals surface area contributed by atoms with Crippen LogP contribution in [0.4, 0.5) is 4.79 Å². The molecule has 0 spiro atoms. The summed E-state index contributed by atoms with van der Waals surface area (Å²) in [4.78, 5) is 28.7. The number of aliphatic hydroxyl groups excluding tert-OH is 1. The first-order valence-corrected chi connectivity index (χ1v) is 18.6. The van der Waals surface area contributed by atoms with E-state index in [2.05, 4.69) is 5.32 Å². The number of hydrogen-bond acceptors (Lipinski definition) is 7. The maximum atomic E-state index is 14.2. The molecule has 0 aliphatic heterocycles. The van der Waals surface area contributed by atoms with Crippen molar-refractivity contribution >= 4 is 22.0 Å². The van der Waals surface area contributed by atoms with E-state index in [1.807, 2.05) is 74.5 Å². The molecule has 1 aliphatic carbocycles. The molecule has 11 heteroatoms. The molecule has 266 valence electrons. The molecule has 0 bridgehead atoms. The predicted octanol–water partition coefficient (Wildman–Crippen LogP) is 5.65. The van der Waals surface area contributed by atoms with Crippen LogP contribution in [0.3, 0.4) is 0 Å². The van der Waals surface area contributed by atoms with Crippen LogP contribution in [0.25, 0.3) is 0 Å². The SMILES string of the molecule is COc1ccc(S(=O)(=O)N(CC2CCCC2)C[C@@H](O)CN(CCc2ccccc2)C(=O)[C@H](CC(C)C)NC(=O)OCc2ccccc2)cc1. The van der Waals surface area contributed by atoms with Crippen LogP contribution in [0.1, 0.15) is 57.1 Å². The lowest BCUT2D eigenvalue weighted by Crippen LogP contribution is -2.53. The lowest BCUT2D eigenvalue weighted by atomic mass is 10.0. The predicted molar refractivity (Wildman–Crippen MR) is 189 cm³/mol. The molecule has 2 amide bonds. The van der Waals surface area contributed by atoms with E-state index in [1.54, 1.807) is 12.1 Å². The number of nitrogens with zero attached hydrogens (tertiary/aromatic N) is 2. The molecule has 0 aromatic heterocycles. The Morgan fingerprint density at radius 1 is 0.898 bits per heavy atom. The summed E-state index contributed by atoms with van der Waals surface area (Å²) in [5.74, 6) is 0.446. The van der Waals surface area contributed by atoms with Crippen molar-refractivity contribution in [1.82, 2.24) is 14.5 Å². The zero-order valence-corrected chi connectivity index (χ0v) is 29.7. The molecule has 4 rings (SSSR count). The molecule has 0 radical (unpaired) electrons. The van der Waals surface area contributed by atoms with E-state index >= 15 is 0 Å². The normalized spacial score (nSPS) is 14.8. The summed E-state index contributed by atoms with van der Waals surface area (Å²) >= 11 is 0. The minimum atomic E-state index is -3.96. The summed E-state index contributed by atoms with van der Waals surface area (Å²) in [7, 11) is -2.44. The van der Waals surface area contributed by atoms with Gasteiger partial charge in [0.05, 0.1) is 18.1 Å². The lowest BCUT2D eigenvalue weighted by molar-refractivity contribution is -0.135. The van der Waals surface area contributed by atoms with E-state index in [0.717, 1.165) is 36.8 Å². The number of rotatable bonds is 18. The average molecular weight is 694 g/mol. The van der Waals surface area contributed by atoms with Gasteiger partial charge >= 0.3 is 6.09 Å². The van der Waals surface area contributed by atoms with Crippen molar-refractivity contribution < 1.29 is 32.6 Å². The van der Waals surface area contributed by atoms with Crippen LogP contribution in [0.15, 0.2) is 89.8 Å². The van der Waals surface area contributed by atoms with Gasteiger partial charge in [-0.25, -0.2) is 13.2 Å². The zero-order chi connectivity index (χ0) is 35.2. The van der Waals surface area contributed by atoms with Gasteiger partial charge in [-0.1, -0.05) is 87.4 Å². The van der Waals surface area contributed by atoms with E-state index in [0.29, 0.717) is 18.6 Å². The Morgan fingerprint density at radius 3 is 2.10 bits per heavy atom. The zero-order valence-electron chi connectivity index (χ0n) is 28.9. The minimum absolute atomic E-state index is 0.0607. The molecule has 1 saturated carbocycles. The molecule has 0 unspecified atom stereocenters. The first-order valence-electron chi connectivity index (χ1n) is 17.2. The molecular formula is C38H51N3O7S. The van der Waals surface area contributed by atoms with Gasteiger partial charge in [0, 0.05) is 26.2 Å². The number of benzene rings is 3. The molecule has 0 saturated heterocycles. The molecule has 3 aromatic carbocycles. The summed E-state index contributed by atoms with van der Waals surface area (Å²) in [6.45, 7) is 4.25. The Labute approximate surface area is 291 Å². The maximum Gasteiger partial charge on any atom is 0.408 e. The van der Waals surface area contributed by atoms with Crippen molar-refractivity contribution in [3.8, 4) is 5.75 Å². The van der Waals surface area contributed by atoms with E-state index in [9.17, 15) is 23.1 Å². The van der Waals surface area contributed by atoms with Gasteiger partial charge in [-0.3, -0.25) is 4.79 Å². The van der Waals surface area contributed by atoms with Gasteiger partial charge in [0.25, 0.3) is 0 Å². The van der Waals surface area contributed by atoms with Gasteiger partial charge in [0.2, 0.25) is 15.9 Å². The molecular weight excluding hydrogens is 642 g/mol. The number of carbonyl (C=O) groups excluding carboxylic acids is 2. The van der Waals surface area contributed by atoms with Crippen molar-refractivity contribution in [3.63, 3.8) is 0 Å². The molecule has 10 nitrogen and oxygen atoms in total. The minimum Gasteiger partial charge on any atom is -0.497 e. The highest BCUT2D eigenvalue weighted by Gasteiger charge is 2.33. The number of hydrogen-bond donors (Lipinski definition) is 2. The van der Waals surface area contributed by atoms with Crippen molar-refractivity contribution in [2.45, 2.75) is 76.0 Å². The summed E-state index contributed by atoms with van der Waals surface area (Å²) in [6, 6.07) is 24.3. The third-order valence-electron chi connectivity index (χ3n) is 8.81. The Morgan fingerprint density at radius 2 is 1.51 bits per heavy atom. The van der Waals surface area contributed by atoms with Crippen molar-refractivity contribution in [2.75, 3.05) is 33.3 Å². The maximum absolute atomic E-state index is 14.2. The van der Waals surface area contributed by atoms with E-state index < -0.39 is 28.3 Å². The lowest BCUT2D eigenvalue weighted by Gasteiger charge is -2.32. The monoisotopic (exact) mass is 693 g/mol. The van der Waals surface area contributed by atoms with Crippen molar-refractivity contribution in [1.29, 1.82) is 0 Å². The fourth-order valence-corrected chi connectivity index (χ4v) is 7.77. The van der Waals surface area contributed by atoms with Crippen LogP contribution in [-0.2, 0) is 32.6 Å². The van der Waals surface area contributed by atoms with E-state index in [-0.39, 0.29) is 55.4 Å². The number of amides is 2. The van der Waals surface area contributed by atoms with Gasteiger partial charge in [0.1, 0.15) is 18.4 Å². The Hall–Kier alpha value is -3.93. The highest BCUT2D eigenvalue weighted by Crippen LogP contribution is 2.28. The van der Waals surface area contributed by atoms with Gasteiger partial charge in [0.15, 0.2) is 0 Å².